The number of aliphatic carboxylic acids is 1. The maximum atomic E-state index is 11.3. The van der Waals surface area contributed by atoms with Crippen LogP contribution in [-0.2, 0) is 14.6 Å². The van der Waals surface area contributed by atoms with E-state index in [9.17, 15) is 13.2 Å². The van der Waals surface area contributed by atoms with E-state index in [4.69, 9.17) is 5.11 Å². The number of rotatable bonds is 5. The van der Waals surface area contributed by atoms with Crippen LogP contribution in [0.3, 0.4) is 0 Å². The molecule has 0 aromatic carbocycles. The second-order valence-corrected chi connectivity index (χ2v) is 7.26. The first-order valence-corrected chi connectivity index (χ1v) is 7.03. The molecule has 0 heterocycles. The van der Waals surface area contributed by atoms with Crippen LogP contribution in [0, 0.1) is 0 Å². The van der Waals surface area contributed by atoms with Gasteiger partial charge in [-0.2, -0.15) is 0 Å². The molecule has 1 N–H and O–H groups in total. The number of carbonyl (C=O) groups is 1. The normalized spacial score (nSPS) is 18.6. The SMILES string of the molecule is CCC(Br)CC(C)(C(=O)O)S(C)(=O)=O. The molecular formula is C8H15BrO4S. The van der Waals surface area contributed by atoms with E-state index in [-0.39, 0.29) is 11.2 Å². The van der Waals surface area contributed by atoms with Crippen LogP contribution in [0.2, 0.25) is 0 Å². The van der Waals surface area contributed by atoms with Gasteiger partial charge in [-0.1, -0.05) is 22.9 Å². The molecule has 4 nitrogen and oxygen atoms in total. The molecule has 14 heavy (non-hydrogen) atoms. The van der Waals surface area contributed by atoms with Crippen molar-refractivity contribution in [3.05, 3.63) is 0 Å². The van der Waals surface area contributed by atoms with Gasteiger partial charge in [-0.05, 0) is 19.8 Å². The van der Waals surface area contributed by atoms with Crippen molar-refractivity contribution in [3.8, 4) is 0 Å². The van der Waals surface area contributed by atoms with Gasteiger partial charge in [0.05, 0.1) is 0 Å². The minimum absolute atomic E-state index is 0.0810. The summed E-state index contributed by atoms with van der Waals surface area (Å²) in [6.07, 6.45) is 1.73. The number of sulfone groups is 1. The van der Waals surface area contributed by atoms with E-state index in [1.807, 2.05) is 6.92 Å². The van der Waals surface area contributed by atoms with E-state index in [2.05, 4.69) is 15.9 Å². The van der Waals surface area contributed by atoms with Gasteiger partial charge >= 0.3 is 5.97 Å². The average molecular weight is 287 g/mol. The maximum absolute atomic E-state index is 11.3. The van der Waals surface area contributed by atoms with Crippen molar-refractivity contribution >= 4 is 31.7 Å². The second-order valence-electron chi connectivity index (χ2n) is 3.52. The van der Waals surface area contributed by atoms with Gasteiger partial charge in [-0.25, -0.2) is 8.42 Å². The predicted octanol–water partition coefficient (Wildman–Crippen LogP) is 1.44. The molecule has 0 rings (SSSR count). The summed E-state index contributed by atoms with van der Waals surface area (Å²) in [5.41, 5.74) is 0. The van der Waals surface area contributed by atoms with Crippen LogP contribution in [0.25, 0.3) is 0 Å². The summed E-state index contributed by atoms with van der Waals surface area (Å²) in [6, 6.07) is 0. The first kappa shape index (κ1) is 13.9. The van der Waals surface area contributed by atoms with Crippen LogP contribution in [0.4, 0.5) is 0 Å². The van der Waals surface area contributed by atoms with Crippen LogP contribution in [0.15, 0.2) is 0 Å². The molecule has 0 saturated carbocycles. The lowest BCUT2D eigenvalue weighted by Crippen LogP contribution is -2.44. The number of alkyl halides is 1. The van der Waals surface area contributed by atoms with Crippen molar-refractivity contribution in [3.63, 3.8) is 0 Å². The Morgan fingerprint density at radius 1 is 1.57 bits per heavy atom. The number of hydrogen-bond donors (Lipinski definition) is 1. The van der Waals surface area contributed by atoms with E-state index >= 15 is 0 Å². The molecule has 0 spiro atoms. The highest BCUT2D eigenvalue weighted by molar-refractivity contribution is 9.09. The Bertz CT molecular complexity index is 311. The van der Waals surface area contributed by atoms with Gasteiger partial charge in [0.1, 0.15) is 0 Å². The van der Waals surface area contributed by atoms with Crippen molar-refractivity contribution < 1.29 is 18.3 Å². The number of halogens is 1. The summed E-state index contributed by atoms with van der Waals surface area (Å²) in [5.74, 6) is -1.29. The van der Waals surface area contributed by atoms with Crippen molar-refractivity contribution in [2.75, 3.05) is 6.26 Å². The van der Waals surface area contributed by atoms with Gasteiger partial charge in [0, 0.05) is 11.1 Å². The molecule has 6 heteroatoms. The molecule has 0 bridgehead atoms. The lowest BCUT2D eigenvalue weighted by atomic mass is 10.0. The summed E-state index contributed by atoms with van der Waals surface area (Å²) in [5, 5.41) is 8.91. The quantitative estimate of drug-likeness (QED) is 0.777. The third kappa shape index (κ3) is 2.95. The second kappa shape index (κ2) is 4.61. The molecule has 84 valence electrons. The summed E-state index contributed by atoms with van der Waals surface area (Å²) >= 11 is 3.25. The molecule has 0 aromatic rings. The molecule has 2 atom stereocenters. The number of carboxylic acids is 1. The minimum atomic E-state index is -3.60. The Labute approximate surface area is 92.7 Å². The van der Waals surface area contributed by atoms with Gasteiger partial charge in [-0.3, -0.25) is 4.79 Å². The molecule has 0 aromatic heterocycles. The van der Waals surface area contributed by atoms with E-state index in [0.29, 0.717) is 6.42 Å². The van der Waals surface area contributed by atoms with Crippen molar-refractivity contribution in [2.45, 2.75) is 36.3 Å². The topological polar surface area (TPSA) is 71.4 Å². The Kier molecular flexibility index (Phi) is 4.58. The van der Waals surface area contributed by atoms with Crippen molar-refractivity contribution in [2.24, 2.45) is 0 Å². The molecule has 0 aliphatic rings. The molecule has 0 saturated heterocycles. The molecule has 0 radical (unpaired) electrons. The third-order valence-corrected chi connectivity index (χ3v) is 5.27. The zero-order chi connectivity index (χ0) is 11.6. The molecule has 0 aliphatic heterocycles. The van der Waals surface area contributed by atoms with Crippen molar-refractivity contribution in [1.82, 2.24) is 0 Å². The summed E-state index contributed by atoms with van der Waals surface area (Å²) in [7, 11) is -3.60. The van der Waals surface area contributed by atoms with E-state index in [1.165, 1.54) is 6.92 Å². The Balaban J connectivity index is 5.04. The lowest BCUT2D eigenvalue weighted by molar-refractivity contribution is -0.139. The fourth-order valence-electron chi connectivity index (χ4n) is 0.964. The van der Waals surface area contributed by atoms with Crippen LogP contribution >= 0.6 is 15.9 Å². The smallest absolute Gasteiger partial charge is 0.324 e. The highest BCUT2D eigenvalue weighted by atomic mass is 79.9. The fourth-order valence-corrected chi connectivity index (χ4v) is 2.65. The predicted molar refractivity (Wildman–Crippen MR) is 58.5 cm³/mol. The maximum Gasteiger partial charge on any atom is 0.324 e. The molecular weight excluding hydrogens is 272 g/mol. The van der Waals surface area contributed by atoms with Crippen molar-refractivity contribution in [1.29, 1.82) is 0 Å². The third-order valence-electron chi connectivity index (χ3n) is 2.32. The Morgan fingerprint density at radius 3 is 2.21 bits per heavy atom. The van der Waals surface area contributed by atoms with Crippen LogP contribution in [-0.4, -0.2) is 35.3 Å². The largest absolute Gasteiger partial charge is 0.480 e. The van der Waals surface area contributed by atoms with Gasteiger partial charge in [-0.15, -0.1) is 0 Å². The lowest BCUT2D eigenvalue weighted by Gasteiger charge is -2.24. The highest BCUT2D eigenvalue weighted by Crippen LogP contribution is 2.27. The number of carboxylic acid groups (broad SMARTS) is 1. The fraction of sp³-hybridized carbons (Fsp3) is 0.875. The first-order valence-electron chi connectivity index (χ1n) is 4.22. The standard InChI is InChI=1S/C8H15BrO4S/c1-4-6(9)5-8(2,7(10)11)14(3,12)13/h6H,4-5H2,1-3H3,(H,10,11). The molecule has 0 aliphatic carbocycles. The summed E-state index contributed by atoms with van der Waals surface area (Å²) in [6.45, 7) is 3.11. The number of hydrogen-bond acceptors (Lipinski definition) is 3. The average Bonchev–Trinajstić information content (AvgIpc) is 2.01. The van der Waals surface area contributed by atoms with E-state index < -0.39 is 20.6 Å². The molecule has 2 unspecified atom stereocenters. The monoisotopic (exact) mass is 286 g/mol. The zero-order valence-electron chi connectivity index (χ0n) is 8.45. The van der Waals surface area contributed by atoms with Gasteiger partial charge < -0.3 is 5.11 Å². The summed E-state index contributed by atoms with van der Waals surface area (Å²) in [4.78, 5) is 10.8. The van der Waals surface area contributed by atoms with Gasteiger partial charge in [0.25, 0.3) is 0 Å². The van der Waals surface area contributed by atoms with Gasteiger partial charge in [0.15, 0.2) is 14.6 Å². The zero-order valence-corrected chi connectivity index (χ0v) is 10.9. The Hall–Kier alpha value is -0.100. The summed E-state index contributed by atoms with van der Waals surface area (Å²) < 4.78 is 21.0. The minimum Gasteiger partial charge on any atom is -0.480 e. The van der Waals surface area contributed by atoms with Crippen LogP contribution in [0.5, 0.6) is 0 Å². The molecule has 0 amide bonds. The van der Waals surface area contributed by atoms with E-state index in [1.54, 1.807) is 0 Å². The van der Waals surface area contributed by atoms with E-state index in [0.717, 1.165) is 6.26 Å². The van der Waals surface area contributed by atoms with Crippen LogP contribution in [0.1, 0.15) is 26.7 Å². The Morgan fingerprint density at radius 2 is 2.00 bits per heavy atom. The highest BCUT2D eigenvalue weighted by Gasteiger charge is 2.44. The molecule has 0 fully saturated rings. The van der Waals surface area contributed by atoms with Gasteiger partial charge in [0.2, 0.25) is 0 Å². The first-order chi connectivity index (χ1) is 6.15. The van der Waals surface area contributed by atoms with Crippen LogP contribution < -0.4 is 0 Å².